The van der Waals surface area contributed by atoms with E-state index in [1.807, 2.05) is 111 Å². The highest BCUT2D eigenvalue weighted by Crippen LogP contribution is 2.34. The summed E-state index contributed by atoms with van der Waals surface area (Å²) in [6.07, 6.45) is 5.93. The Morgan fingerprint density at radius 1 is 0.490 bits per heavy atom. The van der Waals surface area contributed by atoms with Gasteiger partial charge in [-0.1, -0.05) is 69.6 Å². The van der Waals surface area contributed by atoms with Gasteiger partial charge in [0.15, 0.2) is 0 Å². The number of azo groups is 2. The minimum atomic E-state index is -1.52. The van der Waals surface area contributed by atoms with Crippen LogP contribution in [-0.4, -0.2) is 138 Å². The number of rotatable bonds is 31. The number of amides is 5. The van der Waals surface area contributed by atoms with Crippen LogP contribution in [0.2, 0.25) is 25.7 Å². The van der Waals surface area contributed by atoms with Crippen molar-refractivity contribution in [2.45, 2.75) is 102 Å². The molecule has 5 amide bonds. The van der Waals surface area contributed by atoms with Gasteiger partial charge in [-0.3, -0.25) is 39.4 Å². The van der Waals surface area contributed by atoms with E-state index < -0.39 is 59.8 Å². The third-order valence-corrected chi connectivity index (χ3v) is 19.8. The van der Waals surface area contributed by atoms with Crippen LogP contribution in [0, 0.1) is 43.9 Å². The lowest BCUT2D eigenvalue weighted by Crippen LogP contribution is -2.55. The average molecular weight is 1360 g/mol. The number of non-ortho nitro benzene ring substituents is 2. The number of benzene rings is 6. The number of anilines is 2. The summed E-state index contributed by atoms with van der Waals surface area (Å²) in [7, 11) is 2.41. The van der Waals surface area contributed by atoms with Gasteiger partial charge in [0.05, 0.1) is 64.4 Å². The SMILES string of the molecule is CN(CCOc1ccc(CCNC(=O)[C@@H]2CCCC[C@H]2C(=O)N[C@H]2CN(C(=O)OCC[Si](C)(C)C)C[C@@H]2NC(=O)[C@@H]2CCCC[C@H]2C(=O)NCCc2ccc(OCCN(C)c3ccc(N=Nc4ccc([N+](=O)[O-])cc4)cc3)cc2)cc1)c1ccc(N=Nc2ccc([N+](=O)[O-])cc2)cc1. The molecule has 0 bridgehead atoms. The largest absolute Gasteiger partial charge is 0.492 e. The highest BCUT2D eigenvalue weighted by molar-refractivity contribution is 6.76. The Labute approximate surface area is 572 Å². The second-order valence-electron chi connectivity index (χ2n) is 26.4. The van der Waals surface area contributed by atoms with Gasteiger partial charge in [0, 0.05) is 108 Å². The van der Waals surface area contributed by atoms with Crippen molar-refractivity contribution in [3.63, 3.8) is 0 Å². The van der Waals surface area contributed by atoms with Crippen LogP contribution in [0.5, 0.6) is 11.5 Å². The van der Waals surface area contributed by atoms with E-state index in [0.717, 1.165) is 54.2 Å². The Morgan fingerprint density at radius 2 is 0.827 bits per heavy atom. The molecule has 0 radical (unpaired) electrons. The van der Waals surface area contributed by atoms with E-state index in [1.165, 1.54) is 29.2 Å². The van der Waals surface area contributed by atoms with E-state index in [2.05, 4.69) is 71.2 Å². The van der Waals surface area contributed by atoms with Gasteiger partial charge < -0.3 is 50.2 Å². The summed E-state index contributed by atoms with van der Waals surface area (Å²) < 4.78 is 17.9. The maximum Gasteiger partial charge on any atom is 0.409 e. The number of hydrogen-bond donors (Lipinski definition) is 4. The number of ether oxygens (including phenoxy) is 3. The molecular weight excluding hydrogens is 1270 g/mol. The summed E-state index contributed by atoms with van der Waals surface area (Å²) in [5.41, 5.74) is 6.21. The number of nitrogens with zero attached hydrogens (tertiary/aromatic N) is 9. The van der Waals surface area contributed by atoms with Crippen LogP contribution < -0.4 is 40.5 Å². The Balaban J connectivity index is 0.709. The zero-order valence-corrected chi connectivity index (χ0v) is 57.4. The van der Waals surface area contributed by atoms with Crippen LogP contribution in [0.25, 0.3) is 0 Å². The topological polar surface area (TPSA) is 307 Å². The van der Waals surface area contributed by atoms with E-state index >= 15 is 0 Å². The van der Waals surface area contributed by atoms with Crippen LogP contribution in [-0.2, 0) is 36.8 Å². The van der Waals surface area contributed by atoms with Gasteiger partial charge in [0.2, 0.25) is 23.6 Å². The fourth-order valence-electron chi connectivity index (χ4n) is 12.2. The molecule has 0 spiro atoms. The van der Waals surface area contributed by atoms with Crippen molar-refractivity contribution in [1.82, 2.24) is 26.2 Å². The number of likely N-dealkylation sites (N-methyl/N-ethyl adjacent to an activating group) is 2. The van der Waals surface area contributed by atoms with Gasteiger partial charge in [-0.05, 0) is 153 Å². The Hall–Kier alpha value is -10.1. The molecule has 1 heterocycles. The van der Waals surface area contributed by atoms with Crippen molar-refractivity contribution >= 4 is 83.3 Å². The molecule has 4 N–H and O–H groups in total. The second-order valence-corrected chi connectivity index (χ2v) is 32.1. The molecule has 9 rings (SSSR count). The van der Waals surface area contributed by atoms with Crippen molar-refractivity contribution in [2.24, 2.45) is 44.1 Å². The minimum Gasteiger partial charge on any atom is -0.492 e. The number of nitro benzene ring substituents is 2. The zero-order chi connectivity index (χ0) is 69.6. The van der Waals surface area contributed by atoms with E-state index in [0.29, 0.717) is 112 Å². The molecule has 6 aromatic rings. The van der Waals surface area contributed by atoms with Crippen molar-refractivity contribution in [3.05, 3.63) is 177 Å². The molecule has 6 atom stereocenters. The standard InChI is InChI=1S/C72H89N13O12Si/c1-81(56-26-18-52(19-27-56)77-79-54-22-30-58(31-23-54)84(91)92)42-44-95-60-34-14-50(15-35-60)38-40-73-68(86)62-10-6-8-12-64(62)70(88)75-66-48-83(72(90)97-46-47-98(3,4)5)49-67(66)76-71(89)65-13-9-7-11-63(65)69(87)74-41-39-51-16-36-61(37-17-51)96-45-43-82(2)57-28-20-53(21-29-57)78-80-55-24-32-59(33-25-55)85(93)94/h14-37,62-67H,6-13,38-49H2,1-5H3,(H,73,86)(H,74,87)(H,75,88)(H,76,89)/t62-,63-,64-,65-,66+,67+/m1/s1. The molecule has 98 heavy (non-hydrogen) atoms. The molecule has 2 saturated carbocycles. The fraction of sp³-hybridized carbons (Fsp3) is 0.431. The number of carbonyl (C=O) groups is 5. The van der Waals surface area contributed by atoms with Crippen LogP contribution in [0.3, 0.4) is 0 Å². The third kappa shape index (κ3) is 21.7. The van der Waals surface area contributed by atoms with E-state index in [1.54, 1.807) is 24.3 Å². The molecule has 26 heteroatoms. The maximum absolute atomic E-state index is 14.5. The molecule has 25 nitrogen and oxygen atoms in total. The molecule has 6 aromatic carbocycles. The molecule has 0 unspecified atom stereocenters. The monoisotopic (exact) mass is 1360 g/mol. The predicted molar refractivity (Wildman–Crippen MR) is 377 cm³/mol. The Bertz CT molecular complexity index is 3480. The molecule has 0 aromatic heterocycles. The average Bonchev–Trinajstić information content (AvgIpc) is 1.48. The van der Waals surface area contributed by atoms with Crippen molar-refractivity contribution in [2.75, 3.05) is 83.0 Å². The number of nitro groups is 2. The molecule has 2 aliphatic carbocycles. The summed E-state index contributed by atoms with van der Waals surface area (Å²) in [5, 5.41) is 51.3. The van der Waals surface area contributed by atoms with Gasteiger partial charge in [-0.15, -0.1) is 0 Å². The number of likely N-dealkylation sites (tertiary alicyclic amines) is 1. The highest BCUT2D eigenvalue weighted by atomic mass is 28.3. The first kappa shape index (κ1) is 72.2. The first-order valence-corrected chi connectivity index (χ1v) is 37.4. The van der Waals surface area contributed by atoms with Gasteiger partial charge in [0.1, 0.15) is 24.7 Å². The summed E-state index contributed by atoms with van der Waals surface area (Å²) in [5.74, 6) is -1.89. The number of carbonyl (C=O) groups excluding carboxylic acids is 5. The molecule has 518 valence electrons. The molecular formula is C72H89N13O12Si. The zero-order valence-electron chi connectivity index (χ0n) is 56.4. The van der Waals surface area contributed by atoms with E-state index in [4.69, 9.17) is 14.2 Å². The Kier molecular flexibility index (Phi) is 25.9. The highest BCUT2D eigenvalue weighted by Gasteiger charge is 2.44. The lowest BCUT2D eigenvalue weighted by Gasteiger charge is -2.33. The third-order valence-electron chi connectivity index (χ3n) is 18.1. The normalized spacial score (nSPS) is 18.5. The smallest absolute Gasteiger partial charge is 0.409 e. The predicted octanol–water partition coefficient (Wildman–Crippen LogP) is 12.8. The van der Waals surface area contributed by atoms with Crippen LogP contribution in [0.4, 0.5) is 50.3 Å². The van der Waals surface area contributed by atoms with Crippen LogP contribution in [0.15, 0.2) is 166 Å². The number of hydrogen-bond acceptors (Lipinski definition) is 18. The number of nitrogens with one attached hydrogen (secondary N) is 4. The fourth-order valence-corrected chi connectivity index (χ4v) is 12.9. The first-order valence-electron chi connectivity index (χ1n) is 33.7. The first-order chi connectivity index (χ1) is 47.2. The summed E-state index contributed by atoms with van der Waals surface area (Å²) >= 11 is 0. The van der Waals surface area contributed by atoms with E-state index in [-0.39, 0.29) is 54.7 Å². The lowest BCUT2D eigenvalue weighted by molar-refractivity contribution is -0.385. The van der Waals surface area contributed by atoms with Crippen molar-refractivity contribution < 1.29 is 48.0 Å². The van der Waals surface area contributed by atoms with Gasteiger partial charge in [-0.25, -0.2) is 4.79 Å². The minimum absolute atomic E-state index is 0.0111. The maximum atomic E-state index is 14.5. The van der Waals surface area contributed by atoms with Crippen LogP contribution >= 0.6 is 0 Å². The quantitative estimate of drug-likeness (QED) is 0.0136. The summed E-state index contributed by atoms with van der Waals surface area (Å²) in [4.78, 5) is 97.0. The van der Waals surface area contributed by atoms with Gasteiger partial charge in [0.25, 0.3) is 11.4 Å². The molecule has 1 aliphatic heterocycles. The second kappa shape index (κ2) is 35.2. The van der Waals surface area contributed by atoms with Crippen LogP contribution in [0.1, 0.15) is 62.5 Å². The molecule has 3 aliphatic rings. The van der Waals surface area contributed by atoms with Gasteiger partial charge >= 0.3 is 6.09 Å². The molecule has 3 fully saturated rings. The van der Waals surface area contributed by atoms with E-state index in [9.17, 15) is 44.2 Å². The van der Waals surface area contributed by atoms with Crippen molar-refractivity contribution in [3.8, 4) is 11.5 Å². The lowest BCUT2D eigenvalue weighted by atomic mass is 9.77. The Morgan fingerprint density at radius 3 is 1.16 bits per heavy atom. The molecule has 1 saturated heterocycles. The van der Waals surface area contributed by atoms with Crippen molar-refractivity contribution in [1.29, 1.82) is 0 Å². The van der Waals surface area contributed by atoms with Gasteiger partial charge in [-0.2, -0.15) is 20.5 Å². The summed E-state index contributed by atoms with van der Waals surface area (Å²) in [6, 6.07) is 41.8. The summed E-state index contributed by atoms with van der Waals surface area (Å²) in [6.45, 7) is 9.92.